The minimum Gasteiger partial charge on any atom is -0.380 e. The van der Waals surface area contributed by atoms with Gasteiger partial charge in [0.2, 0.25) is 5.91 Å². The highest BCUT2D eigenvalue weighted by atomic mass is 16.3. The summed E-state index contributed by atoms with van der Waals surface area (Å²) >= 11 is 0. The number of nitrogens with one attached hydrogen (secondary N) is 1. The molecule has 0 saturated carbocycles. The molecule has 0 bridgehead atoms. The molecule has 1 amide bonds. The first-order valence-corrected chi connectivity index (χ1v) is 12.1. The molecule has 2 heterocycles. The summed E-state index contributed by atoms with van der Waals surface area (Å²) in [6.45, 7) is 15.5. The normalized spacial score (nSPS) is 17.5. The van der Waals surface area contributed by atoms with Crippen LogP contribution in [0, 0.1) is 23.2 Å². The monoisotopic (exact) mass is 461 g/mol. The molecule has 1 aliphatic rings. The molecule has 34 heavy (non-hydrogen) atoms. The Morgan fingerprint density at radius 3 is 2.26 bits per heavy atom. The first kappa shape index (κ1) is 25.9. The topological polar surface area (TPSA) is 65.5 Å². The summed E-state index contributed by atoms with van der Waals surface area (Å²) in [5.41, 5.74) is 1.30. The highest BCUT2D eigenvalue weighted by Gasteiger charge is 2.55. The molecular weight excluding hydrogens is 422 g/mol. The molecule has 3 rings (SSSR count). The fourth-order valence-electron chi connectivity index (χ4n) is 4.76. The number of pyridine rings is 1. The van der Waals surface area contributed by atoms with Gasteiger partial charge in [-0.15, -0.1) is 0 Å². The Morgan fingerprint density at radius 2 is 1.74 bits per heavy atom. The summed E-state index contributed by atoms with van der Waals surface area (Å²) in [6.07, 6.45) is 3.45. The molecule has 1 atom stereocenters. The highest BCUT2D eigenvalue weighted by molar-refractivity contribution is 5.79. The van der Waals surface area contributed by atoms with Gasteiger partial charge in [0.1, 0.15) is 5.60 Å². The summed E-state index contributed by atoms with van der Waals surface area (Å²) in [4.78, 5) is 18.8. The van der Waals surface area contributed by atoms with Gasteiger partial charge in [-0.05, 0) is 44.0 Å². The van der Waals surface area contributed by atoms with Gasteiger partial charge in [0.15, 0.2) is 0 Å². The number of hydrogen-bond donors (Lipinski definition) is 2. The Balaban J connectivity index is 2.01. The molecule has 5 nitrogen and oxygen atoms in total. The van der Waals surface area contributed by atoms with Crippen LogP contribution in [0.25, 0.3) is 0 Å². The van der Waals surface area contributed by atoms with Crippen LogP contribution in [-0.2, 0) is 10.4 Å². The average molecular weight is 462 g/mol. The van der Waals surface area contributed by atoms with Gasteiger partial charge < -0.3 is 15.3 Å². The zero-order valence-corrected chi connectivity index (χ0v) is 21.9. The molecule has 2 aromatic rings. The van der Waals surface area contributed by atoms with Crippen LogP contribution in [0.4, 0.5) is 0 Å². The maximum absolute atomic E-state index is 12.3. The van der Waals surface area contributed by atoms with E-state index in [4.69, 9.17) is 0 Å². The van der Waals surface area contributed by atoms with Crippen molar-refractivity contribution in [1.82, 2.24) is 15.2 Å². The van der Waals surface area contributed by atoms with Crippen molar-refractivity contribution in [2.24, 2.45) is 11.3 Å². The van der Waals surface area contributed by atoms with Crippen molar-refractivity contribution in [3.05, 3.63) is 65.0 Å². The molecule has 1 saturated heterocycles. The van der Waals surface area contributed by atoms with E-state index in [1.54, 1.807) is 12.4 Å². The van der Waals surface area contributed by atoms with Crippen LogP contribution in [0.5, 0.6) is 0 Å². The molecule has 0 unspecified atom stereocenters. The van der Waals surface area contributed by atoms with Gasteiger partial charge in [-0.25, -0.2) is 0 Å². The number of rotatable bonds is 6. The second kappa shape index (κ2) is 9.52. The zero-order valence-electron chi connectivity index (χ0n) is 21.9. The third-order valence-electron chi connectivity index (χ3n) is 6.74. The van der Waals surface area contributed by atoms with Gasteiger partial charge in [-0.1, -0.05) is 70.7 Å². The first-order chi connectivity index (χ1) is 15.8. The minimum absolute atomic E-state index is 0.0348. The molecule has 0 radical (unpaired) electrons. The number of hydrogen-bond acceptors (Lipinski definition) is 4. The number of amides is 1. The predicted molar refractivity (Wildman–Crippen MR) is 137 cm³/mol. The summed E-state index contributed by atoms with van der Waals surface area (Å²) in [7, 11) is 2.07. The molecular formula is C29H39N3O2. The van der Waals surface area contributed by atoms with Gasteiger partial charge in [0, 0.05) is 47.9 Å². The van der Waals surface area contributed by atoms with E-state index >= 15 is 0 Å². The van der Waals surface area contributed by atoms with Crippen molar-refractivity contribution in [2.45, 2.75) is 65.5 Å². The van der Waals surface area contributed by atoms with Crippen molar-refractivity contribution >= 4 is 5.91 Å². The number of aromatic nitrogens is 1. The van der Waals surface area contributed by atoms with Crippen molar-refractivity contribution in [3.8, 4) is 11.8 Å². The summed E-state index contributed by atoms with van der Waals surface area (Å²) in [6, 6.07) is 10.2. The Bertz CT molecular complexity index is 1090. The molecule has 0 spiro atoms. The van der Waals surface area contributed by atoms with E-state index in [0.717, 1.165) is 24.2 Å². The Labute approximate surface area is 205 Å². The quantitative estimate of drug-likeness (QED) is 0.630. The van der Waals surface area contributed by atoms with Gasteiger partial charge in [-0.2, -0.15) is 0 Å². The standard InChI is InChI=1S/C29H39N3O2/c1-20(2)23-9-11-24(12-10-23)29(34,28(7)18-32(8)19-28)25-15-22(16-30-17-25)13-14-27(5,6)31-26(33)21(3)4/h9-12,15-17,20-21,34H,18-19H2,1-8H3,(H,31,33)/t29-/m0/s1. The molecule has 5 heteroatoms. The van der Waals surface area contributed by atoms with Crippen molar-refractivity contribution in [1.29, 1.82) is 0 Å². The average Bonchev–Trinajstić information content (AvgIpc) is 2.76. The number of benzene rings is 1. The van der Waals surface area contributed by atoms with E-state index in [9.17, 15) is 9.90 Å². The SMILES string of the molecule is CC(C)C(=O)NC(C)(C)C#Cc1cncc([C@@](O)(c2ccc(C(C)C)cc2)C2(C)CN(C)C2)c1. The van der Waals surface area contributed by atoms with Crippen molar-refractivity contribution in [3.63, 3.8) is 0 Å². The third-order valence-corrected chi connectivity index (χ3v) is 6.74. The molecule has 1 aromatic carbocycles. The summed E-state index contributed by atoms with van der Waals surface area (Å²) in [5, 5.41) is 15.3. The fraction of sp³-hybridized carbons (Fsp3) is 0.517. The van der Waals surface area contributed by atoms with E-state index in [1.165, 1.54) is 5.56 Å². The van der Waals surface area contributed by atoms with Crippen LogP contribution in [0.3, 0.4) is 0 Å². The highest BCUT2D eigenvalue weighted by Crippen LogP contribution is 2.50. The van der Waals surface area contributed by atoms with Gasteiger partial charge in [0.05, 0.1) is 5.54 Å². The van der Waals surface area contributed by atoms with Crippen molar-refractivity contribution < 1.29 is 9.90 Å². The molecule has 182 valence electrons. The van der Waals surface area contributed by atoms with Gasteiger partial charge >= 0.3 is 0 Å². The Kier molecular flexibility index (Phi) is 7.26. The van der Waals surface area contributed by atoms with Crippen LogP contribution in [0.15, 0.2) is 42.7 Å². The van der Waals surface area contributed by atoms with Crippen LogP contribution >= 0.6 is 0 Å². The van der Waals surface area contributed by atoms with E-state index in [-0.39, 0.29) is 17.2 Å². The van der Waals surface area contributed by atoms with Crippen LogP contribution in [-0.4, -0.2) is 46.6 Å². The smallest absolute Gasteiger partial charge is 0.223 e. The Hall–Kier alpha value is -2.68. The number of aliphatic hydroxyl groups is 1. The second-order valence-corrected chi connectivity index (χ2v) is 11.2. The molecule has 1 fully saturated rings. The van der Waals surface area contributed by atoms with E-state index < -0.39 is 11.1 Å². The molecule has 1 aliphatic heterocycles. The molecule has 0 aliphatic carbocycles. The van der Waals surface area contributed by atoms with Crippen LogP contribution in [0.1, 0.15) is 76.6 Å². The number of carbonyl (C=O) groups excluding carboxylic acids is 1. The van der Waals surface area contributed by atoms with E-state index in [1.807, 2.05) is 45.9 Å². The lowest BCUT2D eigenvalue weighted by molar-refractivity contribution is -0.127. The second-order valence-electron chi connectivity index (χ2n) is 11.2. The van der Waals surface area contributed by atoms with E-state index in [2.05, 4.69) is 67.0 Å². The maximum atomic E-state index is 12.3. The van der Waals surface area contributed by atoms with E-state index in [0.29, 0.717) is 11.5 Å². The lowest BCUT2D eigenvalue weighted by Gasteiger charge is -2.55. The van der Waals surface area contributed by atoms with Crippen LogP contribution < -0.4 is 5.32 Å². The number of likely N-dealkylation sites (tertiary alicyclic amines) is 1. The fourth-order valence-corrected chi connectivity index (χ4v) is 4.76. The number of nitrogens with zero attached hydrogens (tertiary/aromatic N) is 2. The van der Waals surface area contributed by atoms with Gasteiger partial charge in [0.25, 0.3) is 0 Å². The third kappa shape index (κ3) is 5.19. The number of carbonyl (C=O) groups is 1. The molecule has 2 N–H and O–H groups in total. The maximum Gasteiger partial charge on any atom is 0.223 e. The predicted octanol–water partition coefficient (Wildman–Crippen LogP) is 4.29. The summed E-state index contributed by atoms with van der Waals surface area (Å²) in [5.74, 6) is 6.61. The lowest BCUT2D eigenvalue weighted by Crippen LogP contribution is -2.63. The largest absolute Gasteiger partial charge is 0.380 e. The first-order valence-electron chi connectivity index (χ1n) is 12.1. The molecule has 1 aromatic heterocycles. The minimum atomic E-state index is -1.21. The van der Waals surface area contributed by atoms with Crippen molar-refractivity contribution in [2.75, 3.05) is 20.1 Å². The van der Waals surface area contributed by atoms with Crippen LogP contribution in [0.2, 0.25) is 0 Å². The Morgan fingerprint density at radius 1 is 1.12 bits per heavy atom. The van der Waals surface area contributed by atoms with Gasteiger partial charge in [-0.3, -0.25) is 9.78 Å². The lowest BCUT2D eigenvalue weighted by atomic mass is 9.62. The summed E-state index contributed by atoms with van der Waals surface area (Å²) < 4.78 is 0. The zero-order chi connectivity index (χ0) is 25.3.